The zero-order valence-electron chi connectivity index (χ0n) is 5.56. The van der Waals surface area contributed by atoms with Crippen LogP contribution in [0.1, 0.15) is 12.5 Å². The summed E-state index contributed by atoms with van der Waals surface area (Å²) in [7, 11) is 0. The molecule has 5 nitrogen and oxygen atoms in total. The van der Waals surface area contributed by atoms with Gasteiger partial charge in [-0.15, -0.1) is 5.10 Å². The lowest BCUT2D eigenvalue weighted by Crippen LogP contribution is -2.13. The quantitative estimate of drug-likeness (QED) is 0.554. The first-order valence-electron chi connectivity index (χ1n) is 3.40. The lowest BCUT2D eigenvalue weighted by Gasteiger charge is -2.04. The van der Waals surface area contributed by atoms with Crippen molar-refractivity contribution < 1.29 is 0 Å². The lowest BCUT2D eigenvalue weighted by molar-refractivity contribution is 0.476. The molecule has 1 atom stereocenters. The highest BCUT2D eigenvalue weighted by atomic mass is 15.5. The van der Waals surface area contributed by atoms with Gasteiger partial charge in [-0.1, -0.05) is 0 Å². The Balaban J connectivity index is 2.12. The van der Waals surface area contributed by atoms with Crippen LogP contribution in [-0.4, -0.2) is 33.3 Å². The second-order valence-corrected chi connectivity index (χ2v) is 2.44. The predicted molar refractivity (Wildman–Crippen MR) is 34.3 cm³/mol. The van der Waals surface area contributed by atoms with Crippen LogP contribution in [0.15, 0.2) is 6.33 Å². The predicted octanol–water partition coefficient (Wildman–Crippen LogP) is -0.793. The molecule has 1 aliphatic rings. The van der Waals surface area contributed by atoms with Crippen molar-refractivity contribution in [3.05, 3.63) is 6.33 Å². The van der Waals surface area contributed by atoms with Crippen molar-refractivity contribution in [2.24, 2.45) is 0 Å². The highest BCUT2D eigenvalue weighted by Gasteiger charge is 2.16. The maximum Gasteiger partial charge on any atom is 0.138 e. The first-order valence-corrected chi connectivity index (χ1v) is 3.40. The molecule has 10 heavy (non-hydrogen) atoms. The van der Waals surface area contributed by atoms with E-state index in [0.29, 0.717) is 6.04 Å². The van der Waals surface area contributed by atoms with Gasteiger partial charge in [-0.25, -0.2) is 4.68 Å². The Labute approximate surface area is 58.4 Å². The fourth-order valence-corrected chi connectivity index (χ4v) is 1.20. The van der Waals surface area contributed by atoms with Crippen molar-refractivity contribution in [2.75, 3.05) is 13.1 Å². The second-order valence-electron chi connectivity index (χ2n) is 2.44. The molecule has 2 heterocycles. The third-order valence-electron chi connectivity index (χ3n) is 1.77. The molecule has 0 aromatic carbocycles. The summed E-state index contributed by atoms with van der Waals surface area (Å²) >= 11 is 0. The molecule has 0 bridgehead atoms. The van der Waals surface area contributed by atoms with Crippen LogP contribution in [0.3, 0.4) is 0 Å². The summed E-state index contributed by atoms with van der Waals surface area (Å²) in [5.74, 6) is 0. The van der Waals surface area contributed by atoms with Gasteiger partial charge in [0.05, 0.1) is 6.04 Å². The lowest BCUT2D eigenvalue weighted by atomic mass is 10.3. The molecule has 54 valence electrons. The molecular formula is C5H9N5. The smallest absolute Gasteiger partial charge is 0.138 e. The Morgan fingerprint density at radius 3 is 3.20 bits per heavy atom. The number of hydrogen-bond acceptors (Lipinski definition) is 4. The molecule has 0 aliphatic carbocycles. The minimum absolute atomic E-state index is 0.468. The minimum atomic E-state index is 0.468. The molecule has 0 saturated carbocycles. The minimum Gasteiger partial charge on any atom is -0.315 e. The van der Waals surface area contributed by atoms with Gasteiger partial charge in [0, 0.05) is 6.54 Å². The molecule has 0 amide bonds. The van der Waals surface area contributed by atoms with Crippen LogP contribution in [0, 0.1) is 0 Å². The van der Waals surface area contributed by atoms with Crippen molar-refractivity contribution >= 4 is 0 Å². The van der Waals surface area contributed by atoms with E-state index in [0.717, 1.165) is 19.5 Å². The van der Waals surface area contributed by atoms with E-state index in [1.807, 2.05) is 0 Å². The molecule has 0 unspecified atom stereocenters. The largest absolute Gasteiger partial charge is 0.315 e. The summed E-state index contributed by atoms with van der Waals surface area (Å²) in [5, 5.41) is 14.2. The Bertz CT molecular complexity index is 188. The van der Waals surface area contributed by atoms with E-state index >= 15 is 0 Å². The number of rotatable bonds is 1. The van der Waals surface area contributed by atoms with E-state index in [9.17, 15) is 0 Å². The zero-order valence-corrected chi connectivity index (χ0v) is 5.56. The zero-order chi connectivity index (χ0) is 6.81. The molecule has 2 rings (SSSR count). The van der Waals surface area contributed by atoms with Gasteiger partial charge in [-0.3, -0.25) is 0 Å². The molecule has 5 heteroatoms. The van der Waals surface area contributed by atoms with E-state index < -0.39 is 0 Å². The summed E-state index contributed by atoms with van der Waals surface area (Å²) in [4.78, 5) is 0. The van der Waals surface area contributed by atoms with E-state index in [4.69, 9.17) is 0 Å². The van der Waals surface area contributed by atoms with Gasteiger partial charge in [0.15, 0.2) is 0 Å². The molecule has 1 aromatic rings. The first kappa shape index (κ1) is 5.79. The van der Waals surface area contributed by atoms with E-state index in [-0.39, 0.29) is 0 Å². The number of nitrogens with zero attached hydrogens (tertiary/aromatic N) is 4. The topological polar surface area (TPSA) is 55.6 Å². The van der Waals surface area contributed by atoms with E-state index in [1.165, 1.54) is 0 Å². The average Bonchev–Trinajstić information content (AvgIpc) is 2.59. The standard InChI is InChI=1S/C5H9N5/c1-2-6-3-5(1)10-4-7-8-9-10/h4-6H,1-3H2/t5-/m0/s1. The van der Waals surface area contributed by atoms with Crippen molar-refractivity contribution in [3.8, 4) is 0 Å². The van der Waals surface area contributed by atoms with Crippen molar-refractivity contribution in [1.29, 1.82) is 0 Å². The van der Waals surface area contributed by atoms with Crippen LogP contribution in [0.4, 0.5) is 0 Å². The fraction of sp³-hybridized carbons (Fsp3) is 0.800. The van der Waals surface area contributed by atoms with Crippen LogP contribution < -0.4 is 5.32 Å². The van der Waals surface area contributed by atoms with Gasteiger partial charge in [-0.05, 0) is 23.4 Å². The van der Waals surface area contributed by atoms with Crippen LogP contribution in [-0.2, 0) is 0 Å². The number of tetrazole rings is 1. The second kappa shape index (κ2) is 2.34. The molecule has 1 saturated heterocycles. The Morgan fingerprint density at radius 2 is 2.60 bits per heavy atom. The number of aromatic nitrogens is 4. The summed E-state index contributed by atoms with van der Waals surface area (Å²) in [5.41, 5.74) is 0. The van der Waals surface area contributed by atoms with Gasteiger partial charge >= 0.3 is 0 Å². The number of hydrogen-bond donors (Lipinski definition) is 1. The Morgan fingerprint density at radius 1 is 1.60 bits per heavy atom. The summed E-state index contributed by atoms with van der Waals surface area (Å²) in [6.45, 7) is 2.07. The van der Waals surface area contributed by atoms with Gasteiger partial charge in [0.1, 0.15) is 6.33 Å². The molecular weight excluding hydrogens is 130 g/mol. The highest BCUT2D eigenvalue weighted by molar-refractivity contribution is 4.75. The third-order valence-corrected chi connectivity index (χ3v) is 1.77. The molecule has 1 fully saturated rings. The van der Waals surface area contributed by atoms with Crippen LogP contribution >= 0.6 is 0 Å². The average molecular weight is 139 g/mol. The monoisotopic (exact) mass is 139 g/mol. The van der Waals surface area contributed by atoms with Gasteiger partial charge in [-0.2, -0.15) is 0 Å². The first-order chi connectivity index (χ1) is 4.97. The maximum atomic E-state index is 3.81. The van der Waals surface area contributed by atoms with Crippen molar-refractivity contribution in [3.63, 3.8) is 0 Å². The Hall–Kier alpha value is -0.970. The van der Waals surface area contributed by atoms with Crippen LogP contribution in [0.2, 0.25) is 0 Å². The molecule has 0 radical (unpaired) electrons. The summed E-state index contributed by atoms with van der Waals surface area (Å²) < 4.78 is 1.81. The van der Waals surface area contributed by atoms with Gasteiger partial charge in [0.25, 0.3) is 0 Å². The molecule has 0 spiro atoms. The SMILES string of the molecule is c1nnnn1[C@H]1CCNC1. The summed E-state index contributed by atoms with van der Waals surface area (Å²) in [6, 6.07) is 0.468. The molecule has 1 aliphatic heterocycles. The van der Waals surface area contributed by atoms with Gasteiger partial charge < -0.3 is 5.32 Å². The fourth-order valence-electron chi connectivity index (χ4n) is 1.20. The highest BCUT2D eigenvalue weighted by Crippen LogP contribution is 2.10. The molecule has 1 aromatic heterocycles. The van der Waals surface area contributed by atoms with E-state index in [1.54, 1.807) is 11.0 Å². The van der Waals surface area contributed by atoms with Crippen LogP contribution in [0.5, 0.6) is 0 Å². The molecule has 1 N–H and O–H groups in total. The third kappa shape index (κ3) is 0.881. The Kier molecular flexibility index (Phi) is 1.35. The van der Waals surface area contributed by atoms with Gasteiger partial charge in [0.2, 0.25) is 0 Å². The van der Waals surface area contributed by atoms with E-state index in [2.05, 4.69) is 20.8 Å². The van der Waals surface area contributed by atoms with Crippen molar-refractivity contribution in [2.45, 2.75) is 12.5 Å². The van der Waals surface area contributed by atoms with Crippen molar-refractivity contribution in [1.82, 2.24) is 25.5 Å². The van der Waals surface area contributed by atoms with Crippen LogP contribution in [0.25, 0.3) is 0 Å². The number of nitrogens with one attached hydrogen (secondary N) is 1. The maximum absolute atomic E-state index is 3.81. The summed E-state index contributed by atoms with van der Waals surface area (Å²) in [6.07, 6.45) is 2.79. The normalized spacial score (nSPS) is 25.4.